The second-order valence-corrected chi connectivity index (χ2v) is 14.7. The fourth-order valence-corrected chi connectivity index (χ4v) is 10.1. The number of hydrogen-bond donors (Lipinski definition) is 2. The van der Waals surface area contributed by atoms with E-state index in [1.165, 1.54) is 11.6 Å². The number of hydrogen-bond acceptors (Lipinski definition) is 8. The van der Waals surface area contributed by atoms with Gasteiger partial charge in [0, 0.05) is 11.5 Å². The van der Waals surface area contributed by atoms with Crippen molar-refractivity contribution in [2.24, 2.45) is 22.7 Å². The summed E-state index contributed by atoms with van der Waals surface area (Å²) in [5.74, 6) is 0.0689. The summed E-state index contributed by atoms with van der Waals surface area (Å²) in [7, 11) is 0. The van der Waals surface area contributed by atoms with E-state index >= 15 is 0 Å². The van der Waals surface area contributed by atoms with Gasteiger partial charge in [0.25, 0.3) is 0 Å². The van der Waals surface area contributed by atoms with Gasteiger partial charge in [-0.3, -0.25) is 0 Å². The van der Waals surface area contributed by atoms with E-state index in [-0.39, 0.29) is 34.4 Å². The zero-order valence-electron chi connectivity index (χ0n) is 25.0. The molecule has 2 saturated heterocycles. The Morgan fingerprint density at radius 3 is 2.49 bits per heavy atom. The molecule has 12 atom stereocenters. The quantitative estimate of drug-likeness (QED) is 0.499. The second-order valence-electron chi connectivity index (χ2n) is 14.7. The van der Waals surface area contributed by atoms with Crippen molar-refractivity contribution in [3.05, 3.63) is 46.0 Å². The van der Waals surface area contributed by atoms with Crippen LogP contribution >= 0.6 is 0 Å². The van der Waals surface area contributed by atoms with E-state index in [1.54, 1.807) is 6.26 Å². The molecule has 4 aliphatic carbocycles. The molecule has 5 fully saturated rings. The first kappa shape index (κ1) is 28.2. The molecule has 0 spiro atoms. The lowest BCUT2D eigenvalue weighted by Crippen LogP contribution is -2.60. The van der Waals surface area contributed by atoms with Gasteiger partial charge in [0.05, 0.1) is 24.1 Å². The summed E-state index contributed by atoms with van der Waals surface area (Å²) in [4.78, 5) is 11.6. The molecule has 0 bridgehead atoms. The van der Waals surface area contributed by atoms with Crippen LogP contribution in [0.2, 0.25) is 0 Å². The Kier molecular flexibility index (Phi) is 6.52. The van der Waals surface area contributed by atoms with Crippen LogP contribution in [-0.2, 0) is 18.9 Å². The molecule has 6 aliphatic rings. The van der Waals surface area contributed by atoms with Crippen molar-refractivity contribution >= 4 is 0 Å². The van der Waals surface area contributed by atoms with Crippen molar-refractivity contribution in [3.8, 4) is 0 Å². The molecular formula is C33H46O8. The van der Waals surface area contributed by atoms with Gasteiger partial charge in [-0.25, -0.2) is 4.79 Å². The third-order valence-electron chi connectivity index (χ3n) is 12.3. The first-order valence-electron chi connectivity index (χ1n) is 15.7. The molecule has 7 rings (SSSR count). The fraction of sp³-hybridized carbons (Fsp3) is 0.788. The van der Waals surface area contributed by atoms with Crippen molar-refractivity contribution in [1.29, 1.82) is 0 Å². The van der Waals surface area contributed by atoms with Gasteiger partial charge in [-0.2, -0.15) is 0 Å². The molecule has 8 heteroatoms. The molecule has 2 N–H and O–H groups in total. The van der Waals surface area contributed by atoms with Crippen molar-refractivity contribution in [1.82, 2.24) is 0 Å². The molecule has 3 heterocycles. The van der Waals surface area contributed by atoms with Crippen LogP contribution in [0.3, 0.4) is 0 Å². The highest BCUT2D eigenvalue weighted by molar-refractivity contribution is 5.31. The molecule has 1 aromatic heterocycles. The Labute approximate surface area is 242 Å². The van der Waals surface area contributed by atoms with Gasteiger partial charge in [-0.1, -0.05) is 25.5 Å². The molecular weight excluding hydrogens is 524 g/mol. The molecule has 0 aromatic carbocycles. The number of fused-ring (bicyclic) bond motifs is 6. The zero-order valence-corrected chi connectivity index (χ0v) is 25.0. The molecule has 2 aliphatic heterocycles. The highest BCUT2D eigenvalue weighted by Gasteiger charge is 2.67. The first-order chi connectivity index (χ1) is 19.3. The Morgan fingerprint density at radius 2 is 1.73 bits per heavy atom. The highest BCUT2D eigenvalue weighted by atomic mass is 16.8. The van der Waals surface area contributed by atoms with Crippen molar-refractivity contribution in [2.75, 3.05) is 0 Å². The Balaban J connectivity index is 1.10. The minimum atomic E-state index is -0.795. The summed E-state index contributed by atoms with van der Waals surface area (Å²) in [6.45, 7) is 10.3. The van der Waals surface area contributed by atoms with E-state index in [4.69, 9.17) is 23.4 Å². The maximum Gasteiger partial charge on any atom is 0.335 e. The first-order valence-corrected chi connectivity index (χ1v) is 15.7. The predicted octanol–water partition coefficient (Wildman–Crippen LogP) is 4.81. The number of allylic oxidation sites excluding steroid dienone is 1. The number of ether oxygens (including phenoxy) is 4. The van der Waals surface area contributed by atoms with Gasteiger partial charge < -0.3 is 33.6 Å². The van der Waals surface area contributed by atoms with Crippen LogP contribution in [0.5, 0.6) is 0 Å². The number of rotatable bonds is 3. The maximum atomic E-state index is 12.5. The highest BCUT2D eigenvalue weighted by Crippen LogP contribution is 2.70. The van der Waals surface area contributed by atoms with Gasteiger partial charge in [0.1, 0.15) is 18.3 Å². The normalized spacial score (nSPS) is 50.3. The predicted molar refractivity (Wildman–Crippen MR) is 150 cm³/mol. The van der Waals surface area contributed by atoms with Crippen molar-refractivity contribution in [2.45, 2.75) is 140 Å². The minimum absolute atomic E-state index is 0.0336. The van der Waals surface area contributed by atoms with Crippen molar-refractivity contribution < 1.29 is 33.6 Å². The molecule has 0 radical (unpaired) electrons. The molecule has 8 nitrogen and oxygen atoms in total. The van der Waals surface area contributed by atoms with Crippen LogP contribution in [0.15, 0.2) is 39.3 Å². The molecule has 41 heavy (non-hydrogen) atoms. The Morgan fingerprint density at radius 1 is 0.951 bits per heavy atom. The summed E-state index contributed by atoms with van der Waals surface area (Å²) in [5.41, 5.74) is 1.23. The molecule has 1 aromatic rings. The SMILES string of the molecule is CC1O[C@H](O[C@@H]2C=C3CCC4C(CC[C@]5(C)[C@@H](c6ccc(=O)oc6)CC[C@]45O)[C@@]3(C)CC2)C2OC(C)(C)OC2[C@@H]1O. The van der Waals surface area contributed by atoms with Crippen LogP contribution < -0.4 is 5.63 Å². The third-order valence-corrected chi connectivity index (χ3v) is 12.3. The monoisotopic (exact) mass is 570 g/mol. The van der Waals surface area contributed by atoms with E-state index in [1.807, 2.05) is 26.8 Å². The van der Waals surface area contributed by atoms with E-state index in [2.05, 4.69) is 19.9 Å². The summed E-state index contributed by atoms with van der Waals surface area (Å²) in [5, 5.41) is 23.2. The van der Waals surface area contributed by atoms with Gasteiger partial charge >= 0.3 is 5.63 Å². The zero-order chi connectivity index (χ0) is 28.9. The van der Waals surface area contributed by atoms with Crippen LogP contribution in [-0.4, -0.2) is 58.4 Å². The molecule has 226 valence electrons. The lowest BCUT2D eigenvalue weighted by Gasteiger charge is -2.62. The summed E-state index contributed by atoms with van der Waals surface area (Å²) < 4.78 is 30.1. The van der Waals surface area contributed by atoms with E-state index < -0.39 is 42.1 Å². The second kappa shape index (κ2) is 9.47. The molecule has 3 saturated carbocycles. The third kappa shape index (κ3) is 4.19. The topological polar surface area (TPSA) is 108 Å². The molecule has 5 unspecified atom stereocenters. The average molecular weight is 571 g/mol. The maximum absolute atomic E-state index is 12.5. The standard InChI is InChI=1S/C33H46O8/c1-18-26(35)27-28(41-30(2,3)40-27)29(38-18)39-21-10-13-31(4)20(16-21)7-8-24-23(31)11-14-32(5)22(12-15-33(24,32)36)19-6-9-25(34)37-17-19/h6,9,16-18,21-24,26-29,35-36H,7-8,10-15H2,1-5H3/t18?,21-,22+,23?,24?,26+,27?,28?,29+,31-,32+,33-/m0/s1. The van der Waals surface area contributed by atoms with Gasteiger partial charge in [0.15, 0.2) is 12.1 Å². The largest absolute Gasteiger partial charge is 0.431 e. The van der Waals surface area contributed by atoms with Crippen LogP contribution in [0.1, 0.15) is 97.5 Å². The Bertz CT molecular complexity index is 1250. The van der Waals surface area contributed by atoms with E-state index in [0.717, 1.165) is 56.9 Å². The summed E-state index contributed by atoms with van der Waals surface area (Å²) in [6, 6.07) is 3.41. The Hall–Kier alpha value is -1.55. The van der Waals surface area contributed by atoms with Crippen molar-refractivity contribution in [3.63, 3.8) is 0 Å². The fourth-order valence-electron chi connectivity index (χ4n) is 10.1. The lowest BCUT2D eigenvalue weighted by molar-refractivity contribution is -0.281. The molecule has 0 amide bonds. The minimum Gasteiger partial charge on any atom is -0.431 e. The summed E-state index contributed by atoms with van der Waals surface area (Å²) in [6.07, 6.45) is 8.70. The van der Waals surface area contributed by atoms with Gasteiger partial charge in [0.2, 0.25) is 0 Å². The van der Waals surface area contributed by atoms with Crippen LogP contribution in [0, 0.1) is 22.7 Å². The van der Waals surface area contributed by atoms with Crippen LogP contribution in [0.4, 0.5) is 0 Å². The van der Waals surface area contributed by atoms with Crippen LogP contribution in [0.25, 0.3) is 0 Å². The number of aliphatic hydroxyl groups excluding tert-OH is 1. The summed E-state index contributed by atoms with van der Waals surface area (Å²) >= 11 is 0. The van der Waals surface area contributed by atoms with Gasteiger partial charge in [-0.15, -0.1) is 0 Å². The average Bonchev–Trinajstić information content (AvgIpc) is 3.40. The van der Waals surface area contributed by atoms with E-state index in [9.17, 15) is 15.0 Å². The lowest BCUT2D eigenvalue weighted by atomic mass is 9.45. The van der Waals surface area contributed by atoms with Gasteiger partial charge in [-0.05, 0) is 107 Å². The smallest absolute Gasteiger partial charge is 0.335 e. The number of aliphatic hydroxyl groups is 2. The van der Waals surface area contributed by atoms with E-state index in [0.29, 0.717) is 5.92 Å².